The first-order valence-corrected chi connectivity index (χ1v) is 10.7. The maximum Gasteiger partial charge on any atom is 0.261 e. The van der Waals surface area contributed by atoms with Crippen molar-refractivity contribution in [1.29, 1.82) is 0 Å². The van der Waals surface area contributed by atoms with E-state index in [0.29, 0.717) is 22.0 Å². The van der Waals surface area contributed by atoms with Gasteiger partial charge in [-0.3, -0.25) is 14.3 Å². The molecule has 6 nitrogen and oxygen atoms in total. The minimum absolute atomic E-state index is 0.168. The molecule has 0 unspecified atom stereocenters. The number of benzene rings is 1. The lowest BCUT2D eigenvalue weighted by molar-refractivity contribution is 0.0955. The first-order valence-electron chi connectivity index (χ1n) is 9.51. The molecule has 4 rings (SSSR count). The van der Waals surface area contributed by atoms with Crippen molar-refractivity contribution >= 4 is 39.1 Å². The van der Waals surface area contributed by atoms with E-state index < -0.39 is 0 Å². The molecule has 0 aliphatic rings. The molecule has 3 heterocycles. The predicted molar refractivity (Wildman–Crippen MR) is 121 cm³/mol. The number of nitrogens with one attached hydrogen (secondary N) is 2. The van der Waals surface area contributed by atoms with Gasteiger partial charge in [-0.05, 0) is 56.2 Å². The molecule has 0 spiro atoms. The van der Waals surface area contributed by atoms with E-state index in [9.17, 15) is 9.59 Å². The number of rotatable bonds is 5. The van der Waals surface area contributed by atoms with Gasteiger partial charge in [-0.2, -0.15) is 5.10 Å². The summed E-state index contributed by atoms with van der Waals surface area (Å²) in [5.41, 5.74) is 4.02. The van der Waals surface area contributed by atoms with Gasteiger partial charge in [-0.15, -0.1) is 11.3 Å². The lowest BCUT2D eigenvalue weighted by atomic mass is 10.1. The molecule has 0 aliphatic carbocycles. The van der Waals surface area contributed by atoms with Gasteiger partial charge in [-0.25, -0.2) is 0 Å². The van der Waals surface area contributed by atoms with Crippen molar-refractivity contribution in [3.63, 3.8) is 0 Å². The number of nitrogens with zero attached hydrogens (tertiary/aromatic N) is 2. The van der Waals surface area contributed by atoms with Crippen LogP contribution in [-0.2, 0) is 13.1 Å². The van der Waals surface area contributed by atoms with Crippen LogP contribution in [0.3, 0.4) is 0 Å². The zero-order valence-corrected chi connectivity index (χ0v) is 18.4. The summed E-state index contributed by atoms with van der Waals surface area (Å²) < 4.78 is 1.91. The number of aromatic amines is 1. The summed E-state index contributed by atoms with van der Waals surface area (Å²) in [5, 5.41) is 9.13. The Labute approximate surface area is 182 Å². The molecule has 154 valence electrons. The van der Waals surface area contributed by atoms with E-state index in [1.807, 2.05) is 61.9 Å². The fourth-order valence-corrected chi connectivity index (χ4v) is 4.65. The normalized spacial score (nSPS) is 11.2. The molecule has 0 fully saturated rings. The van der Waals surface area contributed by atoms with Gasteiger partial charge in [0.1, 0.15) is 4.83 Å². The molecule has 0 saturated carbocycles. The Morgan fingerprint density at radius 2 is 1.93 bits per heavy atom. The third kappa shape index (κ3) is 4.04. The zero-order valence-electron chi connectivity index (χ0n) is 16.9. The standard InChI is InChI=1S/C22H21ClN4O2S/c1-12-8-13(2)25-20(28)18(12)10-24-21(29)19-9-17-14(3)26-27(22(17)30-19)11-15-4-6-16(23)7-5-15/h4-9H,10-11H2,1-3H3,(H,24,29)(H,25,28). The molecular formula is C22H21ClN4O2S. The summed E-state index contributed by atoms with van der Waals surface area (Å²) in [7, 11) is 0. The maximum absolute atomic E-state index is 12.7. The minimum atomic E-state index is -0.201. The molecule has 0 bridgehead atoms. The van der Waals surface area contributed by atoms with Crippen molar-refractivity contribution in [1.82, 2.24) is 20.1 Å². The molecule has 0 atom stereocenters. The van der Waals surface area contributed by atoms with E-state index in [1.165, 1.54) is 11.3 Å². The molecule has 1 aromatic carbocycles. The number of carbonyl (C=O) groups excluding carboxylic acids is 1. The highest BCUT2D eigenvalue weighted by atomic mass is 35.5. The lowest BCUT2D eigenvalue weighted by Crippen LogP contribution is -2.27. The quantitative estimate of drug-likeness (QED) is 0.484. The van der Waals surface area contributed by atoms with Crippen LogP contribution in [0.2, 0.25) is 5.02 Å². The molecule has 0 radical (unpaired) electrons. The molecule has 8 heteroatoms. The van der Waals surface area contributed by atoms with Crippen LogP contribution in [-0.4, -0.2) is 20.7 Å². The Balaban J connectivity index is 1.55. The summed E-state index contributed by atoms with van der Waals surface area (Å²) in [5.74, 6) is -0.201. The van der Waals surface area contributed by atoms with Crippen molar-refractivity contribution in [2.24, 2.45) is 0 Å². The number of aryl methyl sites for hydroxylation is 3. The highest BCUT2D eigenvalue weighted by Gasteiger charge is 2.17. The minimum Gasteiger partial charge on any atom is -0.347 e. The molecule has 1 amide bonds. The van der Waals surface area contributed by atoms with Gasteiger partial charge >= 0.3 is 0 Å². The van der Waals surface area contributed by atoms with E-state index in [4.69, 9.17) is 11.6 Å². The van der Waals surface area contributed by atoms with Crippen molar-refractivity contribution in [3.05, 3.63) is 84.7 Å². The highest BCUT2D eigenvalue weighted by Crippen LogP contribution is 2.29. The van der Waals surface area contributed by atoms with Gasteiger partial charge in [-0.1, -0.05) is 23.7 Å². The summed E-state index contributed by atoms with van der Waals surface area (Å²) >= 11 is 7.36. The average molecular weight is 441 g/mol. The van der Waals surface area contributed by atoms with Crippen LogP contribution in [0.4, 0.5) is 0 Å². The molecule has 2 N–H and O–H groups in total. The predicted octanol–water partition coefficient (Wildman–Crippen LogP) is 4.34. The van der Waals surface area contributed by atoms with Crippen LogP contribution in [0.15, 0.2) is 41.2 Å². The Morgan fingerprint density at radius 3 is 2.63 bits per heavy atom. The summed E-state index contributed by atoms with van der Waals surface area (Å²) in [6.07, 6.45) is 0. The third-order valence-corrected chi connectivity index (χ3v) is 6.40. The molecule has 30 heavy (non-hydrogen) atoms. The summed E-state index contributed by atoms with van der Waals surface area (Å²) in [4.78, 5) is 29.2. The summed E-state index contributed by atoms with van der Waals surface area (Å²) in [6.45, 7) is 6.43. The maximum atomic E-state index is 12.7. The van der Waals surface area contributed by atoms with Crippen LogP contribution < -0.4 is 10.9 Å². The van der Waals surface area contributed by atoms with E-state index >= 15 is 0 Å². The lowest BCUT2D eigenvalue weighted by Gasteiger charge is -2.07. The molecule has 0 aliphatic heterocycles. The van der Waals surface area contributed by atoms with Crippen LogP contribution in [0, 0.1) is 20.8 Å². The second kappa shape index (κ2) is 8.08. The number of hydrogen-bond acceptors (Lipinski definition) is 4. The van der Waals surface area contributed by atoms with Gasteiger partial charge in [0.2, 0.25) is 0 Å². The molecule has 0 saturated heterocycles. The second-order valence-electron chi connectivity index (χ2n) is 7.32. The topological polar surface area (TPSA) is 79.8 Å². The van der Waals surface area contributed by atoms with Crippen molar-refractivity contribution in [2.45, 2.75) is 33.9 Å². The van der Waals surface area contributed by atoms with E-state index in [2.05, 4.69) is 15.4 Å². The third-order valence-electron chi connectivity index (χ3n) is 5.00. The van der Waals surface area contributed by atoms with Crippen LogP contribution in [0.25, 0.3) is 10.2 Å². The first-order chi connectivity index (χ1) is 14.3. The fraction of sp³-hybridized carbons (Fsp3) is 0.227. The molecular weight excluding hydrogens is 420 g/mol. The number of thiophene rings is 1. The Bertz CT molecular complexity index is 1300. The number of fused-ring (bicyclic) bond motifs is 1. The van der Waals surface area contributed by atoms with Gasteiger partial charge in [0.05, 0.1) is 17.1 Å². The smallest absolute Gasteiger partial charge is 0.261 e. The second-order valence-corrected chi connectivity index (χ2v) is 8.79. The summed E-state index contributed by atoms with van der Waals surface area (Å²) in [6, 6.07) is 11.4. The van der Waals surface area contributed by atoms with E-state index in [1.54, 1.807) is 0 Å². The Kier molecular flexibility index (Phi) is 5.49. The first kappa shape index (κ1) is 20.4. The van der Waals surface area contributed by atoms with Crippen LogP contribution in [0.5, 0.6) is 0 Å². The number of pyridine rings is 1. The van der Waals surface area contributed by atoms with Crippen molar-refractivity contribution in [3.8, 4) is 0 Å². The zero-order chi connectivity index (χ0) is 21.4. The SMILES string of the molecule is Cc1cc(C)c(CNC(=O)c2cc3c(C)nn(Cc4ccc(Cl)cc4)c3s2)c(=O)[nH]1. The molecule has 4 aromatic rings. The van der Waals surface area contributed by atoms with Gasteiger partial charge in [0, 0.05) is 28.2 Å². The number of amides is 1. The average Bonchev–Trinajstić information content (AvgIpc) is 3.24. The highest BCUT2D eigenvalue weighted by molar-refractivity contribution is 7.20. The monoisotopic (exact) mass is 440 g/mol. The largest absolute Gasteiger partial charge is 0.347 e. The van der Waals surface area contributed by atoms with E-state index in [0.717, 1.165) is 32.7 Å². The van der Waals surface area contributed by atoms with Gasteiger partial charge in [0.25, 0.3) is 11.5 Å². The van der Waals surface area contributed by atoms with Crippen LogP contribution in [0.1, 0.15) is 37.7 Å². The van der Waals surface area contributed by atoms with Crippen molar-refractivity contribution in [2.75, 3.05) is 0 Å². The van der Waals surface area contributed by atoms with Gasteiger partial charge < -0.3 is 10.3 Å². The number of halogens is 1. The molecule has 3 aromatic heterocycles. The number of aromatic nitrogens is 3. The Morgan fingerprint density at radius 1 is 1.20 bits per heavy atom. The number of hydrogen-bond donors (Lipinski definition) is 2. The fourth-order valence-electron chi connectivity index (χ4n) is 3.45. The van der Waals surface area contributed by atoms with Crippen LogP contribution >= 0.6 is 22.9 Å². The number of H-pyrrole nitrogens is 1. The Hall–Kier alpha value is -2.90. The van der Waals surface area contributed by atoms with E-state index in [-0.39, 0.29) is 18.0 Å². The number of carbonyl (C=O) groups is 1. The van der Waals surface area contributed by atoms with Gasteiger partial charge in [0.15, 0.2) is 0 Å². The van der Waals surface area contributed by atoms with Crippen molar-refractivity contribution < 1.29 is 4.79 Å².